The van der Waals surface area contributed by atoms with Crippen LogP contribution in [0.4, 0.5) is 24.5 Å². The molecule has 0 saturated carbocycles. The number of para-hydroxylation sites is 1. The lowest BCUT2D eigenvalue weighted by atomic mass is 10.1. The van der Waals surface area contributed by atoms with Gasteiger partial charge in [0.1, 0.15) is 0 Å². The lowest BCUT2D eigenvalue weighted by Crippen LogP contribution is -2.41. The van der Waals surface area contributed by atoms with Crippen molar-refractivity contribution in [2.45, 2.75) is 16.0 Å². The van der Waals surface area contributed by atoms with Crippen molar-refractivity contribution in [2.75, 3.05) is 44.3 Å². The zero-order valence-corrected chi connectivity index (χ0v) is 14.9. The molecule has 138 valence electrons. The molecule has 2 aliphatic rings. The van der Waals surface area contributed by atoms with Crippen LogP contribution in [0.2, 0.25) is 0 Å². The Hall–Kier alpha value is -1.70. The molecule has 4 rings (SSSR count). The highest BCUT2D eigenvalue weighted by Crippen LogP contribution is 2.49. The predicted octanol–water partition coefficient (Wildman–Crippen LogP) is 4.64. The Labute approximate surface area is 154 Å². The molecule has 1 fully saturated rings. The maximum absolute atomic E-state index is 13.2. The first kappa shape index (κ1) is 17.7. The van der Waals surface area contributed by atoms with Crippen LogP contribution in [0.5, 0.6) is 0 Å². The van der Waals surface area contributed by atoms with Crippen LogP contribution < -0.4 is 4.90 Å². The molecule has 26 heavy (non-hydrogen) atoms. The van der Waals surface area contributed by atoms with Gasteiger partial charge in [-0.2, -0.15) is 13.2 Å². The molecule has 0 atom stereocenters. The number of ether oxygens (including phenoxy) is 1. The van der Waals surface area contributed by atoms with Crippen molar-refractivity contribution in [3.8, 4) is 0 Å². The molecule has 2 aromatic rings. The number of rotatable bonds is 3. The molecule has 1 saturated heterocycles. The monoisotopic (exact) mass is 380 g/mol. The molecule has 0 unspecified atom stereocenters. The Balaban J connectivity index is 1.66. The molecule has 7 heteroatoms. The summed E-state index contributed by atoms with van der Waals surface area (Å²) in [6.45, 7) is 4.58. The Bertz CT molecular complexity index is 791. The summed E-state index contributed by atoms with van der Waals surface area (Å²) in [5.74, 6) is 0. The molecule has 2 aliphatic heterocycles. The van der Waals surface area contributed by atoms with E-state index in [0.717, 1.165) is 35.1 Å². The van der Waals surface area contributed by atoms with Gasteiger partial charge in [0.15, 0.2) is 0 Å². The van der Waals surface area contributed by atoms with Crippen molar-refractivity contribution >= 4 is 23.1 Å². The maximum atomic E-state index is 13.2. The number of fused-ring (bicyclic) bond motifs is 2. The summed E-state index contributed by atoms with van der Waals surface area (Å²) in [5, 5.41) is 0. The van der Waals surface area contributed by atoms with Crippen LogP contribution in [0.25, 0.3) is 0 Å². The lowest BCUT2D eigenvalue weighted by molar-refractivity contribution is -0.137. The number of benzene rings is 2. The van der Waals surface area contributed by atoms with Gasteiger partial charge in [-0.15, -0.1) is 0 Å². The lowest BCUT2D eigenvalue weighted by Gasteiger charge is -2.35. The van der Waals surface area contributed by atoms with Crippen molar-refractivity contribution in [1.29, 1.82) is 0 Å². The Morgan fingerprint density at radius 2 is 1.65 bits per heavy atom. The minimum atomic E-state index is -4.34. The first-order valence-electron chi connectivity index (χ1n) is 8.58. The highest BCUT2D eigenvalue weighted by Gasteiger charge is 2.33. The fraction of sp³-hybridized carbons (Fsp3) is 0.368. The van der Waals surface area contributed by atoms with Gasteiger partial charge in [-0.25, -0.2) is 0 Å². The van der Waals surface area contributed by atoms with E-state index in [1.54, 1.807) is 6.07 Å². The van der Waals surface area contributed by atoms with Gasteiger partial charge in [0.25, 0.3) is 0 Å². The van der Waals surface area contributed by atoms with E-state index in [0.29, 0.717) is 25.4 Å². The fourth-order valence-corrected chi connectivity index (χ4v) is 4.39. The maximum Gasteiger partial charge on any atom is 0.416 e. The van der Waals surface area contributed by atoms with Crippen LogP contribution in [0.1, 0.15) is 5.56 Å². The van der Waals surface area contributed by atoms with Crippen LogP contribution in [0, 0.1) is 0 Å². The number of alkyl halides is 3. The summed E-state index contributed by atoms with van der Waals surface area (Å²) in [7, 11) is 0. The molecular formula is C19H19F3N2OS. The van der Waals surface area contributed by atoms with Crippen molar-refractivity contribution in [1.82, 2.24) is 4.90 Å². The van der Waals surface area contributed by atoms with E-state index in [9.17, 15) is 13.2 Å². The van der Waals surface area contributed by atoms with Crippen molar-refractivity contribution in [3.05, 3.63) is 48.0 Å². The molecule has 0 N–H and O–H groups in total. The predicted molar refractivity (Wildman–Crippen MR) is 96.3 cm³/mol. The van der Waals surface area contributed by atoms with Gasteiger partial charge in [0, 0.05) is 36.0 Å². The molecule has 2 aromatic carbocycles. The number of halogens is 3. The van der Waals surface area contributed by atoms with Crippen LogP contribution in [-0.4, -0.2) is 44.3 Å². The molecule has 2 heterocycles. The highest BCUT2D eigenvalue weighted by molar-refractivity contribution is 7.99. The third kappa shape index (κ3) is 3.56. The van der Waals surface area contributed by atoms with Gasteiger partial charge < -0.3 is 9.64 Å². The first-order chi connectivity index (χ1) is 12.5. The summed E-state index contributed by atoms with van der Waals surface area (Å²) >= 11 is 1.52. The number of hydrogen-bond acceptors (Lipinski definition) is 4. The Kier molecular flexibility index (Phi) is 4.86. The first-order valence-corrected chi connectivity index (χ1v) is 9.40. The van der Waals surface area contributed by atoms with Gasteiger partial charge >= 0.3 is 6.18 Å². The number of hydrogen-bond donors (Lipinski definition) is 0. The van der Waals surface area contributed by atoms with Gasteiger partial charge in [0.05, 0.1) is 30.2 Å². The van der Waals surface area contributed by atoms with Crippen LogP contribution >= 0.6 is 11.8 Å². The molecule has 0 aliphatic carbocycles. The highest BCUT2D eigenvalue weighted by atomic mass is 32.2. The second-order valence-electron chi connectivity index (χ2n) is 6.36. The Morgan fingerprint density at radius 3 is 2.42 bits per heavy atom. The van der Waals surface area contributed by atoms with Crippen molar-refractivity contribution in [3.63, 3.8) is 0 Å². The van der Waals surface area contributed by atoms with E-state index >= 15 is 0 Å². The van der Waals surface area contributed by atoms with Crippen molar-refractivity contribution in [2.24, 2.45) is 0 Å². The van der Waals surface area contributed by atoms with E-state index in [1.165, 1.54) is 23.9 Å². The quantitative estimate of drug-likeness (QED) is 0.771. The molecule has 3 nitrogen and oxygen atoms in total. The molecule has 0 spiro atoms. The third-order valence-electron chi connectivity index (χ3n) is 4.70. The van der Waals surface area contributed by atoms with Crippen LogP contribution in [0.3, 0.4) is 0 Å². The average Bonchev–Trinajstić information content (AvgIpc) is 2.65. The summed E-state index contributed by atoms with van der Waals surface area (Å²) in [4.78, 5) is 6.24. The van der Waals surface area contributed by atoms with Crippen LogP contribution in [0.15, 0.2) is 52.3 Å². The normalized spacial score (nSPS) is 17.7. The topological polar surface area (TPSA) is 15.7 Å². The Morgan fingerprint density at radius 1 is 0.923 bits per heavy atom. The zero-order valence-electron chi connectivity index (χ0n) is 14.1. The molecular weight excluding hydrogens is 361 g/mol. The van der Waals surface area contributed by atoms with Gasteiger partial charge in [-0.05, 0) is 30.3 Å². The van der Waals surface area contributed by atoms with Crippen molar-refractivity contribution < 1.29 is 17.9 Å². The summed E-state index contributed by atoms with van der Waals surface area (Å²) < 4.78 is 45.0. The van der Waals surface area contributed by atoms with Crippen LogP contribution in [-0.2, 0) is 10.9 Å². The number of morpholine rings is 1. The van der Waals surface area contributed by atoms with E-state index < -0.39 is 11.7 Å². The van der Waals surface area contributed by atoms with E-state index in [-0.39, 0.29) is 0 Å². The van der Waals surface area contributed by atoms with Gasteiger partial charge in [-0.1, -0.05) is 23.9 Å². The molecule has 0 radical (unpaired) electrons. The largest absolute Gasteiger partial charge is 0.416 e. The van der Waals surface area contributed by atoms with E-state index in [1.807, 2.05) is 29.2 Å². The zero-order chi connectivity index (χ0) is 18.1. The average molecular weight is 380 g/mol. The van der Waals surface area contributed by atoms with Gasteiger partial charge in [0.2, 0.25) is 0 Å². The smallest absolute Gasteiger partial charge is 0.379 e. The standard InChI is InChI=1S/C19H19F3N2OS/c20-19(21,22)14-5-6-18-16(13-14)24(8-7-23-9-11-25-12-10-23)15-3-1-2-4-17(15)26-18/h1-6,13H,7-12H2. The molecule has 0 amide bonds. The van der Waals surface area contributed by atoms with E-state index in [4.69, 9.17) is 4.74 Å². The summed E-state index contributed by atoms with van der Waals surface area (Å²) in [6, 6.07) is 11.9. The van der Waals surface area contributed by atoms with E-state index in [2.05, 4.69) is 4.90 Å². The third-order valence-corrected chi connectivity index (χ3v) is 5.83. The molecule has 0 bridgehead atoms. The minimum Gasteiger partial charge on any atom is -0.379 e. The summed E-state index contributed by atoms with van der Waals surface area (Å²) in [5.41, 5.74) is 1.00. The SMILES string of the molecule is FC(F)(F)c1ccc2c(c1)N(CCN1CCOCC1)c1ccccc1S2. The minimum absolute atomic E-state index is 0.604. The van der Waals surface area contributed by atoms with Gasteiger partial charge in [-0.3, -0.25) is 4.90 Å². The number of anilines is 2. The number of nitrogens with zero attached hydrogens (tertiary/aromatic N) is 2. The fourth-order valence-electron chi connectivity index (χ4n) is 3.31. The second-order valence-corrected chi connectivity index (χ2v) is 7.44. The summed E-state index contributed by atoms with van der Waals surface area (Å²) in [6.07, 6.45) is -4.34. The molecule has 0 aromatic heterocycles. The second kappa shape index (κ2) is 7.13.